The molecule has 1 atom stereocenters. The maximum absolute atomic E-state index is 13.0. The molecular formula is C15H20ClFN4. The number of hydrogen-bond donors (Lipinski definition) is 1. The number of rotatable bonds is 6. The number of aromatic nitrogens is 3. The Morgan fingerprint density at radius 2 is 2.14 bits per heavy atom. The van der Waals surface area contributed by atoms with Crippen molar-refractivity contribution < 1.29 is 4.39 Å². The van der Waals surface area contributed by atoms with Crippen molar-refractivity contribution in [2.45, 2.75) is 39.8 Å². The van der Waals surface area contributed by atoms with Crippen LogP contribution < -0.4 is 5.32 Å². The Balaban J connectivity index is 2.30. The molecule has 2 aromatic heterocycles. The first-order valence-electron chi connectivity index (χ1n) is 7.13. The van der Waals surface area contributed by atoms with Gasteiger partial charge >= 0.3 is 0 Å². The molecule has 0 aromatic carbocycles. The third kappa shape index (κ3) is 3.60. The van der Waals surface area contributed by atoms with Gasteiger partial charge in [-0.05, 0) is 32.5 Å². The summed E-state index contributed by atoms with van der Waals surface area (Å²) in [6.07, 6.45) is 1.91. The summed E-state index contributed by atoms with van der Waals surface area (Å²) in [5, 5.41) is 8.49. The maximum atomic E-state index is 13.0. The quantitative estimate of drug-likeness (QED) is 0.890. The van der Waals surface area contributed by atoms with E-state index in [2.05, 4.69) is 15.4 Å². The highest BCUT2D eigenvalue weighted by atomic mass is 35.5. The Morgan fingerprint density at radius 3 is 2.71 bits per heavy atom. The topological polar surface area (TPSA) is 42.7 Å². The standard InChI is InChI=1S/C15H20ClFN4/c1-4-18-13(12-7-6-11(17)9-19-12)8-14-15(16)10(3)20-21(14)5-2/h6-7,9,13,18H,4-5,8H2,1-3H3. The zero-order chi connectivity index (χ0) is 15.4. The van der Waals surface area contributed by atoms with Gasteiger partial charge in [0.15, 0.2) is 0 Å². The van der Waals surface area contributed by atoms with Crippen molar-refractivity contribution in [3.05, 3.63) is 46.3 Å². The van der Waals surface area contributed by atoms with E-state index >= 15 is 0 Å². The molecule has 0 spiro atoms. The first kappa shape index (κ1) is 15.9. The highest BCUT2D eigenvalue weighted by molar-refractivity contribution is 6.31. The van der Waals surface area contributed by atoms with E-state index in [1.54, 1.807) is 6.07 Å². The second-order valence-electron chi connectivity index (χ2n) is 4.88. The summed E-state index contributed by atoms with van der Waals surface area (Å²) >= 11 is 6.36. The monoisotopic (exact) mass is 310 g/mol. The SMILES string of the molecule is CCNC(Cc1c(Cl)c(C)nn1CC)c1ccc(F)cn1. The van der Waals surface area contributed by atoms with Crippen molar-refractivity contribution in [3.63, 3.8) is 0 Å². The lowest BCUT2D eigenvalue weighted by molar-refractivity contribution is 0.504. The average molecular weight is 311 g/mol. The van der Waals surface area contributed by atoms with Crippen LogP contribution in [0.2, 0.25) is 5.02 Å². The maximum Gasteiger partial charge on any atom is 0.141 e. The van der Waals surface area contributed by atoms with E-state index in [-0.39, 0.29) is 11.9 Å². The van der Waals surface area contributed by atoms with Gasteiger partial charge < -0.3 is 5.32 Å². The smallest absolute Gasteiger partial charge is 0.141 e. The first-order chi connectivity index (χ1) is 10.1. The minimum absolute atomic E-state index is 0.0190. The van der Waals surface area contributed by atoms with Gasteiger partial charge in [-0.3, -0.25) is 9.67 Å². The third-order valence-corrected chi connectivity index (χ3v) is 3.90. The molecule has 0 amide bonds. The molecule has 4 nitrogen and oxygen atoms in total. The van der Waals surface area contributed by atoms with E-state index in [4.69, 9.17) is 11.6 Å². The van der Waals surface area contributed by atoms with Gasteiger partial charge in [-0.2, -0.15) is 5.10 Å². The summed E-state index contributed by atoms with van der Waals surface area (Å²) in [5.41, 5.74) is 2.61. The Hall–Kier alpha value is -1.46. The fourth-order valence-electron chi connectivity index (χ4n) is 2.38. The fraction of sp³-hybridized carbons (Fsp3) is 0.467. The zero-order valence-corrected chi connectivity index (χ0v) is 13.3. The summed E-state index contributed by atoms with van der Waals surface area (Å²) < 4.78 is 14.9. The Morgan fingerprint density at radius 1 is 1.38 bits per heavy atom. The number of pyridine rings is 1. The fourth-order valence-corrected chi connectivity index (χ4v) is 2.59. The Labute approximate surface area is 129 Å². The minimum Gasteiger partial charge on any atom is -0.309 e. The molecule has 0 saturated carbocycles. The molecule has 6 heteroatoms. The number of nitrogens with one attached hydrogen (secondary N) is 1. The second-order valence-corrected chi connectivity index (χ2v) is 5.26. The Kier molecular flexibility index (Phi) is 5.31. The molecule has 114 valence electrons. The lowest BCUT2D eigenvalue weighted by atomic mass is 10.1. The third-order valence-electron chi connectivity index (χ3n) is 3.41. The highest BCUT2D eigenvalue weighted by Gasteiger charge is 2.19. The van der Waals surface area contributed by atoms with E-state index in [0.717, 1.165) is 30.2 Å². The predicted molar refractivity (Wildman–Crippen MR) is 82.0 cm³/mol. The van der Waals surface area contributed by atoms with Crippen LogP contribution in [0.5, 0.6) is 0 Å². The lowest BCUT2D eigenvalue weighted by Gasteiger charge is -2.18. The van der Waals surface area contributed by atoms with Gasteiger partial charge in [-0.25, -0.2) is 4.39 Å². The first-order valence-corrected chi connectivity index (χ1v) is 7.51. The summed E-state index contributed by atoms with van der Waals surface area (Å²) in [5.74, 6) is -0.332. The van der Waals surface area contributed by atoms with Crippen LogP contribution in [0.3, 0.4) is 0 Å². The number of halogens is 2. The second kappa shape index (κ2) is 7.00. The molecule has 0 saturated heterocycles. The van der Waals surface area contributed by atoms with Crippen molar-refractivity contribution in [3.8, 4) is 0 Å². The predicted octanol–water partition coefficient (Wildman–Crippen LogP) is 3.29. The van der Waals surface area contributed by atoms with Gasteiger partial charge in [-0.1, -0.05) is 18.5 Å². The number of nitrogens with zero attached hydrogens (tertiary/aromatic N) is 3. The minimum atomic E-state index is -0.332. The van der Waals surface area contributed by atoms with Crippen molar-refractivity contribution in [1.29, 1.82) is 0 Å². The Bertz CT molecular complexity index is 594. The average Bonchev–Trinajstić information content (AvgIpc) is 2.75. The van der Waals surface area contributed by atoms with Gasteiger partial charge in [0.05, 0.1) is 34.3 Å². The van der Waals surface area contributed by atoms with E-state index < -0.39 is 0 Å². The molecule has 0 aliphatic carbocycles. The largest absolute Gasteiger partial charge is 0.309 e. The van der Waals surface area contributed by atoms with E-state index in [1.807, 2.05) is 25.5 Å². The van der Waals surface area contributed by atoms with Crippen LogP contribution in [-0.4, -0.2) is 21.3 Å². The van der Waals surface area contributed by atoms with Crippen molar-refractivity contribution in [1.82, 2.24) is 20.1 Å². The molecule has 21 heavy (non-hydrogen) atoms. The van der Waals surface area contributed by atoms with Crippen molar-refractivity contribution >= 4 is 11.6 Å². The van der Waals surface area contributed by atoms with Crippen molar-refractivity contribution in [2.75, 3.05) is 6.54 Å². The summed E-state index contributed by atoms with van der Waals surface area (Å²) in [4.78, 5) is 4.18. The van der Waals surface area contributed by atoms with E-state index in [1.165, 1.54) is 12.3 Å². The van der Waals surface area contributed by atoms with Crippen LogP contribution in [0.15, 0.2) is 18.3 Å². The van der Waals surface area contributed by atoms with Crippen LogP contribution in [0.1, 0.15) is 37.0 Å². The molecule has 2 aromatic rings. The number of likely N-dealkylation sites (N-methyl/N-ethyl adjacent to an activating group) is 1. The van der Waals surface area contributed by atoms with E-state index in [9.17, 15) is 4.39 Å². The summed E-state index contributed by atoms with van der Waals surface area (Å²) in [6.45, 7) is 7.51. The van der Waals surface area contributed by atoms with Crippen LogP contribution >= 0.6 is 11.6 Å². The van der Waals surface area contributed by atoms with Gasteiger partial charge in [0.2, 0.25) is 0 Å². The van der Waals surface area contributed by atoms with Crippen LogP contribution in [0, 0.1) is 12.7 Å². The molecule has 1 unspecified atom stereocenters. The van der Waals surface area contributed by atoms with Gasteiger partial charge in [0, 0.05) is 13.0 Å². The normalized spacial score (nSPS) is 12.6. The van der Waals surface area contributed by atoms with Crippen LogP contribution in [0.4, 0.5) is 4.39 Å². The number of hydrogen-bond acceptors (Lipinski definition) is 3. The molecule has 0 aliphatic heterocycles. The van der Waals surface area contributed by atoms with Gasteiger partial charge in [0.1, 0.15) is 5.82 Å². The lowest BCUT2D eigenvalue weighted by Crippen LogP contribution is -2.25. The summed E-state index contributed by atoms with van der Waals surface area (Å²) in [7, 11) is 0. The molecule has 1 N–H and O–H groups in total. The molecule has 0 radical (unpaired) electrons. The zero-order valence-electron chi connectivity index (χ0n) is 12.5. The molecular weight excluding hydrogens is 291 g/mol. The molecule has 0 fully saturated rings. The molecule has 0 aliphatic rings. The highest BCUT2D eigenvalue weighted by Crippen LogP contribution is 2.25. The molecule has 2 heterocycles. The van der Waals surface area contributed by atoms with Gasteiger partial charge in [0.25, 0.3) is 0 Å². The van der Waals surface area contributed by atoms with Crippen LogP contribution in [0.25, 0.3) is 0 Å². The van der Waals surface area contributed by atoms with E-state index in [0.29, 0.717) is 11.4 Å². The summed E-state index contributed by atoms with van der Waals surface area (Å²) in [6, 6.07) is 3.11. The van der Waals surface area contributed by atoms with Crippen molar-refractivity contribution in [2.24, 2.45) is 0 Å². The number of aryl methyl sites for hydroxylation is 2. The molecule has 2 rings (SSSR count). The molecule has 0 bridgehead atoms. The van der Waals surface area contributed by atoms with Gasteiger partial charge in [-0.15, -0.1) is 0 Å². The van der Waals surface area contributed by atoms with Crippen LogP contribution in [-0.2, 0) is 13.0 Å².